The Kier molecular flexibility index (Phi) is 3.51. The van der Waals surface area contributed by atoms with Gasteiger partial charge >= 0.3 is 0 Å². The number of rotatable bonds is 3. The number of hydrogen-bond donors (Lipinski definition) is 0. The summed E-state index contributed by atoms with van der Waals surface area (Å²) in [6.07, 6.45) is 5.89. The van der Waals surface area contributed by atoms with E-state index in [0.29, 0.717) is 0 Å². The highest BCUT2D eigenvalue weighted by atomic mass is 15.1. The van der Waals surface area contributed by atoms with Gasteiger partial charge in [0, 0.05) is 44.1 Å². The summed E-state index contributed by atoms with van der Waals surface area (Å²) in [5.41, 5.74) is 3.66. The number of hydrogen-bond acceptors (Lipinski definition) is 4. The van der Waals surface area contributed by atoms with Crippen LogP contribution in [0.4, 0.5) is 0 Å². The van der Waals surface area contributed by atoms with Crippen LogP contribution in [-0.4, -0.2) is 32.9 Å². The fourth-order valence-corrected chi connectivity index (χ4v) is 2.47. The summed E-state index contributed by atoms with van der Waals surface area (Å²) < 4.78 is 0. The van der Waals surface area contributed by atoms with Crippen molar-refractivity contribution in [1.29, 1.82) is 0 Å². The molecule has 1 aliphatic rings. The van der Waals surface area contributed by atoms with Gasteiger partial charge in [0.25, 0.3) is 0 Å². The molecule has 2 aromatic rings. The highest BCUT2D eigenvalue weighted by molar-refractivity contribution is 5.20. The van der Waals surface area contributed by atoms with Gasteiger partial charge in [-0.2, -0.15) is 0 Å². The predicted octanol–water partition coefficient (Wildman–Crippen LogP) is 1.78. The molecule has 4 nitrogen and oxygen atoms in total. The Morgan fingerprint density at radius 1 is 1.26 bits per heavy atom. The Labute approximate surface area is 113 Å². The van der Waals surface area contributed by atoms with Crippen LogP contribution in [0.3, 0.4) is 0 Å². The van der Waals surface area contributed by atoms with Crippen molar-refractivity contribution in [3.8, 4) is 0 Å². The fraction of sp³-hybridized carbons (Fsp3) is 0.400. The normalized spacial score (nSPS) is 15.2. The third-order valence-electron chi connectivity index (χ3n) is 3.56. The monoisotopic (exact) mass is 254 g/mol. The first-order chi connectivity index (χ1) is 9.31. The second-order valence-electron chi connectivity index (χ2n) is 4.99. The fourth-order valence-electron chi connectivity index (χ4n) is 2.47. The van der Waals surface area contributed by atoms with E-state index in [1.807, 2.05) is 31.5 Å². The Bertz CT molecular complexity index is 553. The molecular formula is C15H18N4. The maximum Gasteiger partial charge on any atom is 0.125 e. The molecule has 1 aliphatic heterocycles. The van der Waals surface area contributed by atoms with E-state index >= 15 is 0 Å². The van der Waals surface area contributed by atoms with Gasteiger partial charge in [-0.1, -0.05) is 6.07 Å². The molecule has 3 heterocycles. The molecule has 2 aromatic heterocycles. The number of aryl methyl sites for hydroxylation is 1. The lowest BCUT2D eigenvalue weighted by atomic mass is 10.1. The van der Waals surface area contributed by atoms with Gasteiger partial charge in [0.15, 0.2) is 0 Å². The molecule has 0 radical (unpaired) electrons. The van der Waals surface area contributed by atoms with Crippen LogP contribution in [0, 0.1) is 6.92 Å². The molecule has 19 heavy (non-hydrogen) atoms. The summed E-state index contributed by atoms with van der Waals surface area (Å²) in [6, 6.07) is 6.09. The number of fused-ring (bicyclic) bond motifs is 1. The minimum Gasteiger partial charge on any atom is -0.297 e. The van der Waals surface area contributed by atoms with Gasteiger partial charge in [-0.3, -0.25) is 9.88 Å². The minimum absolute atomic E-state index is 0.866. The second kappa shape index (κ2) is 5.45. The molecule has 0 bridgehead atoms. The average Bonchev–Trinajstić information content (AvgIpc) is 2.46. The molecule has 0 unspecified atom stereocenters. The van der Waals surface area contributed by atoms with Crippen LogP contribution in [0.1, 0.15) is 22.8 Å². The van der Waals surface area contributed by atoms with Crippen LogP contribution in [0.5, 0.6) is 0 Å². The van der Waals surface area contributed by atoms with Crippen molar-refractivity contribution >= 4 is 0 Å². The van der Waals surface area contributed by atoms with E-state index in [2.05, 4.69) is 25.9 Å². The van der Waals surface area contributed by atoms with Crippen LogP contribution >= 0.6 is 0 Å². The van der Waals surface area contributed by atoms with E-state index in [1.165, 1.54) is 11.3 Å². The van der Waals surface area contributed by atoms with Crippen LogP contribution in [0.25, 0.3) is 0 Å². The molecule has 0 saturated heterocycles. The molecule has 98 valence electrons. The summed E-state index contributed by atoms with van der Waals surface area (Å²) in [6.45, 7) is 5.02. The van der Waals surface area contributed by atoms with Crippen molar-refractivity contribution in [2.24, 2.45) is 0 Å². The Hall–Kier alpha value is -1.81. The van der Waals surface area contributed by atoms with Crippen molar-refractivity contribution in [2.75, 3.05) is 13.1 Å². The molecule has 0 saturated carbocycles. The maximum atomic E-state index is 4.55. The molecule has 0 aromatic carbocycles. The van der Waals surface area contributed by atoms with Gasteiger partial charge < -0.3 is 0 Å². The van der Waals surface area contributed by atoms with Crippen LogP contribution in [0.15, 0.2) is 30.6 Å². The highest BCUT2D eigenvalue weighted by Gasteiger charge is 2.17. The maximum absolute atomic E-state index is 4.55. The van der Waals surface area contributed by atoms with E-state index in [-0.39, 0.29) is 0 Å². The lowest BCUT2D eigenvalue weighted by molar-refractivity contribution is 0.252. The largest absolute Gasteiger partial charge is 0.297 e. The van der Waals surface area contributed by atoms with E-state index in [0.717, 1.165) is 44.0 Å². The van der Waals surface area contributed by atoms with Crippen molar-refractivity contribution in [1.82, 2.24) is 19.9 Å². The molecular weight excluding hydrogens is 236 g/mol. The summed E-state index contributed by atoms with van der Waals surface area (Å²) in [7, 11) is 0. The number of nitrogens with zero attached hydrogens (tertiary/aromatic N) is 4. The van der Waals surface area contributed by atoms with E-state index in [4.69, 9.17) is 0 Å². The zero-order valence-corrected chi connectivity index (χ0v) is 11.2. The van der Waals surface area contributed by atoms with Gasteiger partial charge in [0.1, 0.15) is 5.82 Å². The summed E-state index contributed by atoms with van der Waals surface area (Å²) >= 11 is 0. The van der Waals surface area contributed by atoms with Crippen molar-refractivity contribution in [3.63, 3.8) is 0 Å². The van der Waals surface area contributed by atoms with E-state index in [1.54, 1.807) is 0 Å². The third kappa shape index (κ3) is 2.96. The molecule has 0 fully saturated rings. The minimum atomic E-state index is 0.866. The summed E-state index contributed by atoms with van der Waals surface area (Å²) in [5, 5.41) is 0. The van der Waals surface area contributed by atoms with E-state index in [9.17, 15) is 0 Å². The third-order valence-corrected chi connectivity index (χ3v) is 3.56. The molecule has 0 spiro atoms. The Morgan fingerprint density at radius 3 is 3.05 bits per heavy atom. The van der Waals surface area contributed by atoms with Gasteiger partial charge in [-0.25, -0.2) is 9.97 Å². The number of pyridine rings is 1. The average molecular weight is 254 g/mol. The van der Waals surface area contributed by atoms with Gasteiger partial charge in [-0.05, 0) is 31.0 Å². The van der Waals surface area contributed by atoms with Crippen LogP contribution in [-0.2, 0) is 19.4 Å². The first-order valence-electron chi connectivity index (χ1n) is 6.75. The summed E-state index contributed by atoms with van der Waals surface area (Å²) in [4.78, 5) is 15.6. The molecule has 0 N–H and O–H groups in total. The standard InChI is InChI=1S/C15H18N4/c1-12-17-10-13-5-8-19(11-15(13)18-12)9-6-14-4-2-3-7-16-14/h2-4,7,10H,5-6,8-9,11H2,1H3. The Morgan fingerprint density at radius 2 is 2.21 bits per heavy atom. The zero-order valence-electron chi connectivity index (χ0n) is 11.2. The Balaban J connectivity index is 1.62. The smallest absolute Gasteiger partial charge is 0.125 e. The van der Waals surface area contributed by atoms with Gasteiger partial charge in [0.2, 0.25) is 0 Å². The molecule has 4 heteroatoms. The lowest BCUT2D eigenvalue weighted by Gasteiger charge is -2.27. The molecule has 0 aliphatic carbocycles. The van der Waals surface area contributed by atoms with Gasteiger partial charge in [0.05, 0.1) is 5.69 Å². The first kappa shape index (κ1) is 12.2. The molecule has 0 amide bonds. The predicted molar refractivity (Wildman–Crippen MR) is 73.7 cm³/mol. The second-order valence-corrected chi connectivity index (χ2v) is 4.99. The van der Waals surface area contributed by atoms with Crippen LogP contribution < -0.4 is 0 Å². The van der Waals surface area contributed by atoms with Crippen molar-refractivity contribution in [3.05, 3.63) is 53.4 Å². The number of aromatic nitrogens is 3. The van der Waals surface area contributed by atoms with Crippen LogP contribution in [0.2, 0.25) is 0 Å². The molecule has 3 rings (SSSR count). The lowest BCUT2D eigenvalue weighted by Crippen LogP contribution is -2.33. The highest BCUT2D eigenvalue weighted by Crippen LogP contribution is 2.16. The summed E-state index contributed by atoms with van der Waals surface area (Å²) in [5.74, 6) is 0.866. The quantitative estimate of drug-likeness (QED) is 0.837. The van der Waals surface area contributed by atoms with Crippen molar-refractivity contribution < 1.29 is 0 Å². The topological polar surface area (TPSA) is 41.9 Å². The SMILES string of the molecule is Cc1ncc2c(n1)CN(CCc1ccccn1)CC2. The first-order valence-corrected chi connectivity index (χ1v) is 6.75. The van der Waals surface area contributed by atoms with Gasteiger partial charge in [-0.15, -0.1) is 0 Å². The van der Waals surface area contributed by atoms with E-state index < -0.39 is 0 Å². The van der Waals surface area contributed by atoms with Crippen molar-refractivity contribution in [2.45, 2.75) is 26.3 Å². The zero-order chi connectivity index (χ0) is 13.1. The molecule has 0 atom stereocenters.